The average Bonchev–Trinajstić information content (AvgIpc) is 2.05. The van der Waals surface area contributed by atoms with Crippen molar-refractivity contribution in [3.8, 4) is 0 Å². The Morgan fingerprint density at radius 1 is 1.73 bits per heavy atom. The number of hydrogen-bond acceptors (Lipinski definition) is 4. The predicted octanol–water partition coefficient (Wildman–Crippen LogP) is 0.663. The predicted molar refractivity (Wildman–Crippen MR) is 45.6 cm³/mol. The monoisotopic (exact) mass is 178 g/mol. The molecule has 0 rings (SSSR count). The highest BCUT2D eigenvalue weighted by Crippen LogP contribution is 2.14. The van der Waals surface area contributed by atoms with Gasteiger partial charge in [0.2, 0.25) is 0 Å². The molecular formula is C7H14O3S. The second kappa shape index (κ2) is 6.49. The van der Waals surface area contributed by atoms with E-state index in [1.165, 1.54) is 18.9 Å². The Labute approximate surface area is 71.1 Å². The van der Waals surface area contributed by atoms with Crippen molar-refractivity contribution >= 4 is 17.7 Å². The fraction of sp³-hybridized carbons (Fsp3) is 0.857. The number of hydrogen-bond donors (Lipinski definition) is 1. The fourth-order valence-electron chi connectivity index (χ4n) is 0.679. The second-order valence-electron chi connectivity index (χ2n) is 2.01. The Kier molecular flexibility index (Phi) is 6.36. The number of rotatable bonds is 5. The number of methoxy groups -OCH3 is 1. The molecule has 1 atom stereocenters. The summed E-state index contributed by atoms with van der Waals surface area (Å²) in [6.07, 6.45) is 0.747. The lowest BCUT2D eigenvalue weighted by Gasteiger charge is -2.10. The van der Waals surface area contributed by atoms with Crippen LogP contribution in [0.5, 0.6) is 0 Å². The largest absolute Gasteiger partial charge is 0.468 e. The van der Waals surface area contributed by atoms with E-state index in [0.29, 0.717) is 5.75 Å². The third-order valence-electron chi connectivity index (χ3n) is 1.25. The Morgan fingerprint density at radius 2 is 2.36 bits per heavy atom. The van der Waals surface area contributed by atoms with Gasteiger partial charge in [-0.15, -0.1) is 11.8 Å². The van der Waals surface area contributed by atoms with E-state index >= 15 is 0 Å². The molecule has 3 nitrogen and oxygen atoms in total. The molecule has 0 aliphatic heterocycles. The lowest BCUT2D eigenvalue weighted by atomic mass is 10.3. The van der Waals surface area contributed by atoms with Gasteiger partial charge in [-0.05, 0) is 6.42 Å². The van der Waals surface area contributed by atoms with Crippen molar-refractivity contribution in [1.82, 2.24) is 0 Å². The van der Waals surface area contributed by atoms with Crippen molar-refractivity contribution in [1.29, 1.82) is 0 Å². The van der Waals surface area contributed by atoms with Crippen LogP contribution in [0.1, 0.15) is 13.3 Å². The number of carbonyl (C=O) groups is 1. The minimum atomic E-state index is -0.203. The molecule has 0 radical (unpaired) electrons. The average molecular weight is 178 g/mol. The summed E-state index contributed by atoms with van der Waals surface area (Å²) in [4.78, 5) is 10.9. The zero-order chi connectivity index (χ0) is 8.69. The maximum Gasteiger partial charge on any atom is 0.318 e. The van der Waals surface area contributed by atoms with Gasteiger partial charge in [0.1, 0.15) is 5.25 Å². The summed E-state index contributed by atoms with van der Waals surface area (Å²) >= 11 is 1.43. The standard InChI is InChI=1S/C7H14O3S/c1-3-6(7(9)10-2)11-5-4-8/h6,8H,3-5H2,1-2H3. The molecule has 4 heteroatoms. The van der Waals surface area contributed by atoms with Gasteiger partial charge in [0.15, 0.2) is 0 Å². The van der Waals surface area contributed by atoms with Crippen LogP contribution in [-0.4, -0.2) is 35.8 Å². The summed E-state index contributed by atoms with van der Waals surface area (Å²) in [5.41, 5.74) is 0. The SMILES string of the molecule is CCC(SCCO)C(=O)OC. The van der Waals surface area contributed by atoms with E-state index in [9.17, 15) is 4.79 Å². The van der Waals surface area contributed by atoms with Crippen LogP contribution in [0.2, 0.25) is 0 Å². The Hall–Kier alpha value is -0.220. The van der Waals surface area contributed by atoms with Gasteiger partial charge in [-0.25, -0.2) is 0 Å². The zero-order valence-corrected chi connectivity index (χ0v) is 7.69. The number of carbonyl (C=O) groups excluding carboxylic acids is 1. The van der Waals surface area contributed by atoms with E-state index in [4.69, 9.17) is 5.11 Å². The molecule has 11 heavy (non-hydrogen) atoms. The fourth-order valence-corrected chi connectivity index (χ4v) is 1.54. The van der Waals surface area contributed by atoms with Gasteiger partial charge in [0, 0.05) is 5.75 Å². The first-order valence-corrected chi connectivity index (χ1v) is 4.61. The van der Waals surface area contributed by atoms with Gasteiger partial charge in [-0.1, -0.05) is 6.92 Å². The number of aliphatic hydroxyl groups excluding tert-OH is 1. The van der Waals surface area contributed by atoms with Crippen molar-refractivity contribution in [3.05, 3.63) is 0 Å². The van der Waals surface area contributed by atoms with Crippen LogP contribution < -0.4 is 0 Å². The molecule has 0 aliphatic carbocycles. The normalized spacial score (nSPS) is 12.6. The first-order chi connectivity index (χ1) is 5.26. The molecule has 0 amide bonds. The highest BCUT2D eigenvalue weighted by atomic mass is 32.2. The second-order valence-corrected chi connectivity index (χ2v) is 3.33. The summed E-state index contributed by atoms with van der Waals surface area (Å²) in [5, 5.41) is 8.37. The summed E-state index contributed by atoms with van der Waals surface area (Å²) < 4.78 is 4.56. The molecule has 0 saturated carbocycles. The van der Waals surface area contributed by atoms with Crippen LogP contribution in [0.25, 0.3) is 0 Å². The molecule has 0 aromatic carbocycles. The van der Waals surface area contributed by atoms with Gasteiger partial charge in [-0.2, -0.15) is 0 Å². The molecular weight excluding hydrogens is 164 g/mol. The quantitative estimate of drug-likeness (QED) is 0.628. The number of ether oxygens (including phenoxy) is 1. The molecule has 1 N–H and O–H groups in total. The van der Waals surface area contributed by atoms with Crippen molar-refractivity contribution in [3.63, 3.8) is 0 Å². The van der Waals surface area contributed by atoms with E-state index in [-0.39, 0.29) is 17.8 Å². The van der Waals surface area contributed by atoms with Crippen molar-refractivity contribution in [2.24, 2.45) is 0 Å². The van der Waals surface area contributed by atoms with E-state index in [1.807, 2.05) is 6.92 Å². The Bertz CT molecular complexity index is 116. The lowest BCUT2D eigenvalue weighted by Crippen LogP contribution is -2.18. The minimum Gasteiger partial charge on any atom is -0.468 e. The van der Waals surface area contributed by atoms with Crippen LogP contribution in [0.3, 0.4) is 0 Å². The molecule has 66 valence electrons. The van der Waals surface area contributed by atoms with Gasteiger partial charge in [0.25, 0.3) is 0 Å². The van der Waals surface area contributed by atoms with Gasteiger partial charge < -0.3 is 9.84 Å². The lowest BCUT2D eigenvalue weighted by molar-refractivity contribution is -0.140. The van der Waals surface area contributed by atoms with E-state index < -0.39 is 0 Å². The Morgan fingerprint density at radius 3 is 2.73 bits per heavy atom. The smallest absolute Gasteiger partial charge is 0.318 e. The number of thioether (sulfide) groups is 1. The van der Waals surface area contributed by atoms with Gasteiger partial charge >= 0.3 is 5.97 Å². The summed E-state index contributed by atoms with van der Waals surface area (Å²) in [5.74, 6) is 0.388. The van der Waals surface area contributed by atoms with Crippen LogP contribution >= 0.6 is 11.8 Å². The van der Waals surface area contributed by atoms with E-state index in [1.54, 1.807) is 0 Å². The van der Waals surface area contributed by atoms with Crippen molar-refractivity contribution < 1.29 is 14.6 Å². The van der Waals surface area contributed by atoms with E-state index in [2.05, 4.69) is 4.74 Å². The molecule has 0 saturated heterocycles. The molecule has 0 bridgehead atoms. The van der Waals surface area contributed by atoms with Crippen molar-refractivity contribution in [2.45, 2.75) is 18.6 Å². The molecule has 1 unspecified atom stereocenters. The summed E-state index contributed by atoms with van der Waals surface area (Å²) in [6, 6.07) is 0. The minimum absolute atomic E-state index is 0.109. The Balaban J connectivity index is 3.65. The zero-order valence-electron chi connectivity index (χ0n) is 6.87. The summed E-state index contributed by atoms with van der Waals surface area (Å²) in [7, 11) is 1.38. The molecule has 0 heterocycles. The van der Waals surface area contributed by atoms with Crippen LogP contribution in [0.4, 0.5) is 0 Å². The van der Waals surface area contributed by atoms with Crippen LogP contribution in [0, 0.1) is 0 Å². The van der Waals surface area contributed by atoms with Gasteiger partial charge in [0.05, 0.1) is 13.7 Å². The summed E-state index contributed by atoms with van der Waals surface area (Å²) in [6.45, 7) is 2.03. The molecule has 0 aliphatic rings. The highest BCUT2D eigenvalue weighted by molar-refractivity contribution is 8.00. The van der Waals surface area contributed by atoms with Crippen molar-refractivity contribution in [2.75, 3.05) is 19.5 Å². The highest BCUT2D eigenvalue weighted by Gasteiger charge is 2.16. The third kappa shape index (κ3) is 4.27. The molecule has 0 aromatic heterocycles. The maximum atomic E-state index is 10.9. The third-order valence-corrected chi connectivity index (χ3v) is 2.59. The van der Waals surface area contributed by atoms with E-state index in [0.717, 1.165) is 6.42 Å². The number of aliphatic hydroxyl groups is 1. The van der Waals surface area contributed by atoms with Crippen LogP contribution in [0.15, 0.2) is 0 Å². The first-order valence-electron chi connectivity index (χ1n) is 3.56. The van der Waals surface area contributed by atoms with Gasteiger partial charge in [-0.3, -0.25) is 4.79 Å². The molecule has 0 spiro atoms. The molecule has 0 aromatic rings. The maximum absolute atomic E-state index is 10.9. The van der Waals surface area contributed by atoms with Crippen LogP contribution in [-0.2, 0) is 9.53 Å². The number of esters is 1. The first kappa shape index (κ1) is 10.8. The topological polar surface area (TPSA) is 46.5 Å². The molecule has 0 fully saturated rings.